The molecule has 19 heavy (non-hydrogen) atoms. The summed E-state index contributed by atoms with van der Waals surface area (Å²) in [7, 11) is 0. The molecule has 0 bridgehead atoms. The molecule has 1 fully saturated rings. The highest BCUT2D eigenvalue weighted by Gasteiger charge is 2.10. The molecule has 1 aliphatic rings. The molecule has 0 saturated carbocycles. The van der Waals surface area contributed by atoms with Crippen molar-refractivity contribution >= 4 is 17.6 Å². The Morgan fingerprint density at radius 1 is 1.32 bits per heavy atom. The van der Waals surface area contributed by atoms with Crippen LogP contribution in [-0.4, -0.2) is 36.1 Å². The minimum absolute atomic E-state index is 0.696. The molecule has 1 aromatic heterocycles. The van der Waals surface area contributed by atoms with Gasteiger partial charge in [-0.05, 0) is 36.3 Å². The second kappa shape index (κ2) is 7.75. The molecule has 1 aromatic rings. The van der Waals surface area contributed by atoms with Gasteiger partial charge in [0.2, 0.25) is 0 Å². The van der Waals surface area contributed by atoms with E-state index >= 15 is 0 Å². The monoisotopic (exact) mass is 279 g/mol. The molecular formula is C15H25N3S. The first-order chi connectivity index (χ1) is 9.25. The van der Waals surface area contributed by atoms with Crippen molar-refractivity contribution in [2.45, 2.75) is 26.8 Å². The first-order valence-corrected chi connectivity index (χ1v) is 8.39. The average Bonchev–Trinajstić information content (AvgIpc) is 2.68. The highest BCUT2D eigenvalue weighted by molar-refractivity contribution is 7.99. The summed E-state index contributed by atoms with van der Waals surface area (Å²) in [5.74, 6) is 4.34. The Bertz CT molecular complexity index is 356. The first-order valence-electron chi connectivity index (χ1n) is 7.24. The van der Waals surface area contributed by atoms with Crippen LogP contribution in [0.1, 0.15) is 25.8 Å². The van der Waals surface area contributed by atoms with Gasteiger partial charge in [0.05, 0.1) is 0 Å². The van der Waals surface area contributed by atoms with Crippen LogP contribution in [0.25, 0.3) is 0 Å². The summed E-state index contributed by atoms with van der Waals surface area (Å²) in [5, 5.41) is 3.45. The van der Waals surface area contributed by atoms with Crippen LogP contribution < -0.4 is 10.2 Å². The van der Waals surface area contributed by atoms with Crippen molar-refractivity contribution in [1.82, 2.24) is 10.3 Å². The smallest absolute Gasteiger partial charge is 0.128 e. The molecule has 0 aliphatic carbocycles. The van der Waals surface area contributed by atoms with Crippen molar-refractivity contribution in [3.63, 3.8) is 0 Å². The minimum Gasteiger partial charge on any atom is -0.356 e. The summed E-state index contributed by atoms with van der Waals surface area (Å²) in [6, 6.07) is 4.37. The Balaban J connectivity index is 1.86. The van der Waals surface area contributed by atoms with Crippen molar-refractivity contribution < 1.29 is 0 Å². The van der Waals surface area contributed by atoms with E-state index in [1.54, 1.807) is 0 Å². The molecule has 2 rings (SSSR count). The average molecular weight is 279 g/mol. The molecule has 1 aliphatic heterocycles. The molecule has 0 radical (unpaired) electrons. The first kappa shape index (κ1) is 14.7. The summed E-state index contributed by atoms with van der Waals surface area (Å²) in [5.41, 5.74) is 1.27. The highest BCUT2D eigenvalue weighted by Crippen LogP contribution is 2.17. The molecule has 0 unspecified atom stereocenters. The lowest BCUT2D eigenvalue weighted by Gasteiger charge is -2.21. The van der Waals surface area contributed by atoms with E-state index in [-0.39, 0.29) is 0 Å². The second-order valence-electron chi connectivity index (χ2n) is 5.50. The van der Waals surface area contributed by atoms with Crippen molar-refractivity contribution in [2.24, 2.45) is 5.92 Å². The summed E-state index contributed by atoms with van der Waals surface area (Å²) in [4.78, 5) is 7.03. The second-order valence-corrected chi connectivity index (χ2v) is 6.73. The molecule has 1 N–H and O–H groups in total. The molecular weight excluding hydrogens is 254 g/mol. The lowest BCUT2D eigenvalue weighted by molar-refractivity contribution is 0.552. The molecule has 1 saturated heterocycles. The van der Waals surface area contributed by atoms with Crippen LogP contribution in [0.15, 0.2) is 18.3 Å². The van der Waals surface area contributed by atoms with Crippen LogP contribution >= 0.6 is 11.8 Å². The van der Waals surface area contributed by atoms with Gasteiger partial charge in [-0.1, -0.05) is 19.9 Å². The van der Waals surface area contributed by atoms with Crippen molar-refractivity contribution in [1.29, 1.82) is 0 Å². The van der Waals surface area contributed by atoms with Gasteiger partial charge in [0.15, 0.2) is 0 Å². The van der Waals surface area contributed by atoms with Crippen molar-refractivity contribution in [2.75, 3.05) is 36.0 Å². The fourth-order valence-corrected chi connectivity index (χ4v) is 3.08. The van der Waals surface area contributed by atoms with Gasteiger partial charge in [-0.3, -0.25) is 0 Å². The number of hydrogen-bond acceptors (Lipinski definition) is 4. The molecule has 106 valence electrons. The van der Waals surface area contributed by atoms with Gasteiger partial charge in [-0.15, -0.1) is 0 Å². The molecule has 3 nitrogen and oxygen atoms in total. The Labute approximate surface area is 121 Å². The lowest BCUT2D eigenvalue weighted by Crippen LogP contribution is -2.26. The Morgan fingerprint density at radius 2 is 2.21 bits per heavy atom. The van der Waals surface area contributed by atoms with Gasteiger partial charge in [0, 0.05) is 31.6 Å². The zero-order valence-corrected chi connectivity index (χ0v) is 12.9. The number of nitrogens with zero attached hydrogens (tertiary/aromatic N) is 2. The number of rotatable bonds is 5. The third kappa shape index (κ3) is 5.03. The number of hydrogen-bond donors (Lipinski definition) is 1. The zero-order valence-electron chi connectivity index (χ0n) is 12.1. The van der Waals surface area contributed by atoms with Crippen LogP contribution in [0, 0.1) is 5.92 Å². The number of thioether (sulfide) groups is 1. The summed E-state index contributed by atoms with van der Waals surface area (Å²) in [6.07, 6.45) is 3.28. The van der Waals surface area contributed by atoms with E-state index in [4.69, 9.17) is 0 Å². The molecule has 0 spiro atoms. The zero-order chi connectivity index (χ0) is 13.5. The standard InChI is InChI=1S/C15H25N3S/c1-13(2)10-16-11-14-4-5-15(17-12-14)18-6-3-8-19-9-7-18/h4-5,12-13,16H,3,6-11H2,1-2H3. The predicted molar refractivity (Wildman–Crippen MR) is 84.9 cm³/mol. The minimum atomic E-state index is 0.696. The fourth-order valence-electron chi connectivity index (χ4n) is 2.19. The van der Waals surface area contributed by atoms with Crippen LogP contribution in [0.5, 0.6) is 0 Å². The number of pyridine rings is 1. The highest BCUT2D eigenvalue weighted by atomic mass is 32.2. The third-order valence-electron chi connectivity index (χ3n) is 3.24. The van der Waals surface area contributed by atoms with Gasteiger partial charge in [-0.2, -0.15) is 11.8 Å². The van der Waals surface area contributed by atoms with Crippen LogP contribution in [0.2, 0.25) is 0 Å². The number of aromatic nitrogens is 1. The summed E-state index contributed by atoms with van der Waals surface area (Å²) < 4.78 is 0. The molecule has 0 atom stereocenters. The molecule has 2 heterocycles. The lowest BCUT2D eigenvalue weighted by atomic mass is 10.2. The van der Waals surface area contributed by atoms with Gasteiger partial charge < -0.3 is 10.2 Å². The van der Waals surface area contributed by atoms with E-state index < -0.39 is 0 Å². The van der Waals surface area contributed by atoms with Crippen LogP contribution in [0.4, 0.5) is 5.82 Å². The summed E-state index contributed by atoms with van der Waals surface area (Å²) in [6.45, 7) is 8.71. The van der Waals surface area contributed by atoms with E-state index in [2.05, 4.69) is 52.9 Å². The molecule has 4 heteroatoms. The maximum Gasteiger partial charge on any atom is 0.128 e. The normalized spacial score (nSPS) is 16.7. The van der Waals surface area contributed by atoms with E-state index in [0.29, 0.717) is 5.92 Å². The van der Waals surface area contributed by atoms with Crippen LogP contribution in [-0.2, 0) is 6.54 Å². The van der Waals surface area contributed by atoms with E-state index in [0.717, 1.165) is 32.0 Å². The number of anilines is 1. The summed E-state index contributed by atoms with van der Waals surface area (Å²) >= 11 is 2.05. The number of nitrogens with one attached hydrogen (secondary N) is 1. The SMILES string of the molecule is CC(C)CNCc1ccc(N2CCCSCC2)nc1. The topological polar surface area (TPSA) is 28.2 Å². The fraction of sp³-hybridized carbons (Fsp3) is 0.667. The van der Waals surface area contributed by atoms with Crippen molar-refractivity contribution in [3.05, 3.63) is 23.9 Å². The van der Waals surface area contributed by atoms with Gasteiger partial charge >= 0.3 is 0 Å². The predicted octanol–water partition coefficient (Wildman–Crippen LogP) is 2.77. The van der Waals surface area contributed by atoms with E-state index in [1.165, 1.54) is 23.5 Å². The van der Waals surface area contributed by atoms with E-state index in [9.17, 15) is 0 Å². The van der Waals surface area contributed by atoms with Gasteiger partial charge in [0.25, 0.3) is 0 Å². The largest absolute Gasteiger partial charge is 0.356 e. The maximum absolute atomic E-state index is 4.62. The third-order valence-corrected chi connectivity index (χ3v) is 4.29. The Hall–Kier alpha value is -0.740. The quantitative estimate of drug-likeness (QED) is 0.897. The maximum atomic E-state index is 4.62. The Kier molecular flexibility index (Phi) is 5.98. The van der Waals surface area contributed by atoms with Gasteiger partial charge in [0.1, 0.15) is 5.82 Å². The van der Waals surface area contributed by atoms with Crippen molar-refractivity contribution in [3.8, 4) is 0 Å². The van der Waals surface area contributed by atoms with Gasteiger partial charge in [-0.25, -0.2) is 4.98 Å². The van der Waals surface area contributed by atoms with E-state index in [1.807, 2.05) is 6.20 Å². The Morgan fingerprint density at radius 3 is 2.95 bits per heavy atom. The molecule has 0 amide bonds. The van der Waals surface area contributed by atoms with Crippen LogP contribution in [0.3, 0.4) is 0 Å². The molecule has 0 aromatic carbocycles.